The van der Waals surface area contributed by atoms with Crippen molar-refractivity contribution >= 4 is 11.6 Å². The first-order valence-electron chi connectivity index (χ1n) is 11.3. The fourth-order valence-electron chi connectivity index (χ4n) is 4.66. The molecule has 1 aliphatic heterocycles. The summed E-state index contributed by atoms with van der Waals surface area (Å²) in [5, 5.41) is 40.6. The molecule has 2 aliphatic rings. The minimum atomic E-state index is -1.43. The number of aliphatic hydroxyl groups excluding tert-OH is 4. The summed E-state index contributed by atoms with van der Waals surface area (Å²) in [6, 6.07) is 13.1. The number of aliphatic hydroxyl groups is 4. The van der Waals surface area contributed by atoms with E-state index in [0.717, 1.165) is 36.1 Å². The van der Waals surface area contributed by atoms with E-state index in [9.17, 15) is 20.4 Å². The van der Waals surface area contributed by atoms with Crippen molar-refractivity contribution in [1.82, 2.24) is 0 Å². The smallest absolute Gasteiger partial charge is 0.125 e. The van der Waals surface area contributed by atoms with Gasteiger partial charge in [-0.05, 0) is 60.6 Å². The van der Waals surface area contributed by atoms with E-state index in [1.165, 1.54) is 0 Å². The van der Waals surface area contributed by atoms with Crippen LogP contribution in [0.15, 0.2) is 42.5 Å². The SMILES string of the molecule is CO[C@@H]1CCCC1Oc1ccc(Cc2cc([C@@H]3O[C@H](CO)[C@@H](O)[C@H](O)[C@H]3O)ccc2Cl)cc1. The summed E-state index contributed by atoms with van der Waals surface area (Å²) < 4.78 is 17.3. The van der Waals surface area contributed by atoms with Gasteiger partial charge in [0.25, 0.3) is 0 Å². The Labute approximate surface area is 198 Å². The Morgan fingerprint density at radius 3 is 2.39 bits per heavy atom. The molecule has 0 bridgehead atoms. The molecule has 2 aromatic carbocycles. The predicted octanol–water partition coefficient (Wildman–Crippen LogP) is 2.39. The minimum Gasteiger partial charge on any atom is -0.488 e. The summed E-state index contributed by atoms with van der Waals surface area (Å²) in [7, 11) is 1.72. The second kappa shape index (κ2) is 10.7. The zero-order chi connectivity index (χ0) is 23.5. The Balaban J connectivity index is 1.47. The first kappa shape index (κ1) is 24.4. The van der Waals surface area contributed by atoms with Crippen LogP contribution < -0.4 is 4.74 Å². The van der Waals surface area contributed by atoms with Crippen molar-refractivity contribution in [3.63, 3.8) is 0 Å². The molecular weight excluding hydrogens is 448 g/mol. The molecule has 4 rings (SSSR count). The summed E-state index contributed by atoms with van der Waals surface area (Å²) in [6.45, 7) is -0.470. The molecule has 33 heavy (non-hydrogen) atoms. The van der Waals surface area contributed by atoms with Gasteiger partial charge in [0.15, 0.2) is 0 Å². The largest absolute Gasteiger partial charge is 0.488 e. The summed E-state index contributed by atoms with van der Waals surface area (Å²) in [4.78, 5) is 0. The average Bonchev–Trinajstić information content (AvgIpc) is 3.27. The zero-order valence-electron chi connectivity index (χ0n) is 18.5. The Hall–Kier alpha value is -1.71. The fraction of sp³-hybridized carbons (Fsp3) is 0.520. The molecule has 0 spiro atoms. The van der Waals surface area contributed by atoms with Crippen molar-refractivity contribution in [3.8, 4) is 5.75 Å². The van der Waals surface area contributed by atoms with Crippen LogP contribution in [0.5, 0.6) is 5.75 Å². The first-order valence-corrected chi connectivity index (χ1v) is 11.7. The van der Waals surface area contributed by atoms with Crippen LogP contribution in [-0.2, 0) is 15.9 Å². The third-order valence-corrected chi connectivity index (χ3v) is 6.96. The lowest BCUT2D eigenvalue weighted by atomic mass is 9.90. The molecule has 1 aliphatic carbocycles. The minimum absolute atomic E-state index is 0.0745. The molecule has 1 saturated heterocycles. The number of ether oxygens (including phenoxy) is 3. The van der Waals surface area contributed by atoms with Crippen LogP contribution in [0.1, 0.15) is 42.1 Å². The molecule has 0 radical (unpaired) electrons. The van der Waals surface area contributed by atoms with E-state index in [0.29, 0.717) is 17.0 Å². The van der Waals surface area contributed by atoms with Crippen LogP contribution in [0.25, 0.3) is 0 Å². The van der Waals surface area contributed by atoms with Gasteiger partial charge >= 0.3 is 0 Å². The van der Waals surface area contributed by atoms with Crippen molar-refractivity contribution in [1.29, 1.82) is 0 Å². The summed E-state index contributed by atoms with van der Waals surface area (Å²) in [6.07, 6.45) is -2.14. The summed E-state index contributed by atoms with van der Waals surface area (Å²) in [5.74, 6) is 0.800. The standard InChI is InChI=1S/C25H31ClO7/c1-31-19-3-2-4-20(19)32-17-8-5-14(6-9-17)11-16-12-15(7-10-18(16)26)25-24(30)23(29)22(28)21(13-27)33-25/h5-10,12,19-25,27-30H,2-4,11,13H2,1H3/t19-,20?,21-,22-,23+,24-,25+/m1/s1. The van der Waals surface area contributed by atoms with Crippen LogP contribution in [0, 0.1) is 0 Å². The number of hydrogen-bond acceptors (Lipinski definition) is 7. The topological polar surface area (TPSA) is 109 Å². The van der Waals surface area contributed by atoms with Crippen molar-refractivity contribution in [3.05, 3.63) is 64.2 Å². The monoisotopic (exact) mass is 478 g/mol. The van der Waals surface area contributed by atoms with Gasteiger partial charge in [0, 0.05) is 12.1 Å². The lowest BCUT2D eigenvalue weighted by molar-refractivity contribution is -0.231. The second-order valence-electron chi connectivity index (χ2n) is 8.78. The molecule has 1 heterocycles. The fourth-order valence-corrected chi connectivity index (χ4v) is 4.85. The maximum absolute atomic E-state index is 10.4. The highest BCUT2D eigenvalue weighted by Gasteiger charge is 2.44. The van der Waals surface area contributed by atoms with E-state index < -0.39 is 37.1 Å². The van der Waals surface area contributed by atoms with E-state index in [4.69, 9.17) is 25.8 Å². The predicted molar refractivity (Wildman–Crippen MR) is 122 cm³/mol. The lowest BCUT2D eigenvalue weighted by Gasteiger charge is -2.40. The van der Waals surface area contributed by atoms with Crippen LogP contribution in [0.4, 0.5) is 0 Å². The van der Waals surface area contributed by atoms with E-state index in [2.05, 4.69) is 0 Å². The maximum atomic E-state index is 10.4. The van der Waals surface area contributed by atoms with E-state index >= 15 is 0 Å². The van der Waals surface area contributed by atoms with Gasteiger partial charge in [-0.15, -0.1) is 0 Å². The number of methoxy groups -OCH3 is 1. The quantitative estimate of drug-likeness (QED) is 0.484. The third kappa shape index (κ3) is 5.35. The van der Waals surface area contributed by atoms with Crippen molar-refractivity contribution in [2.24, 2.45) is 0 Å². The molecule has 0 aromatic heterocycles. The van der Waals surface area contributed by atoms with Crippen molar-refractivity contribution < 1.29 is 34.6 Å². The molecule has 7 atom stereocenters. The van der Waals surface area contributed by atoms with Crippen LogP contribution in [-0.4, -0.2) is 70.8 Å². The molecule has 1 unspecified atom stereocenters. The van der Waals surface area contributed by atoms with Crippen LogP contribution >= 0.6 is 11.6 Å². The van der Waals surface area contributed by atoms with Gasteiger partial charge in [-0.25, -0.2) is 0 Å². The molecule has 180 valence electrons. The molecule has 4 N–H and O–H groups in total. The van der Waals surface area contributed by atoms with Crippen LogP contribution in [0.3, 0.4) is 0 Å². The van der Waals surface area contributed by atoms with E-state index in [-0.39, 0.29) is 12.2 Å². The highest BCUT2D eigenvalue weighted by atomic mass is 35.5. The molecule has 0 amide bonds. The number of halogens is 1. The Morgan fingerprint density at radius 2 is 1.70 bits per heavy atom. The number of hydrogen-bond donors (Lipinski definition) is 4. The van der Waals surface area contributed by atoms with Crippen molar-refractivity contribution in [2.75, 3.05) is 13.7 Å². The van der Waals surface area contributed by atoms with Gasteiger partial charge in [0.05, 0.1) is 12.7 Å². The van der Waals surface area contributed by atoms with Gasteiger partial charge in [-0.3, -0.25) is 0 Å². The molecular formula is C25H31ClO7. The van der Waals surface area contributed by atoms with Gasteiger partial charge in [0.2, 0.25) is 0 Å². The zero-order valence-corrected chi connectivity index (χ0v) is 19.3. The van der Waals surface area contributed by atoms with Gasteiger partial charge in [0.1, 0.15) is 42.4 Å². The Morgan fingerprint density at radius 1 is 0.970 bits per heavy atom. The first-order chi connectivity index (χ1) is 15.9. The Kier molecular flexibility index (Phi) is 7.91. The molecule has 8 heteroatoms. The number of rotatable bonds is 7. The lowest BCUT2D eigenvalue weighted by Crippen LogP contribution is -2.55. The summed E-state index contributed by atoms with van der Waals surface area (Å²) >= 11 is 6.43. The van der Waals surface area contributed by atoms with Gasteiger partial charge in [-0.2, -0.15) is 0 Å². The molecule has 2 aromatic rings. The highest BCUT2D eigenvalue weighted by molar-refractivity contribution is 6.31. The van der Waals surface area contributed by atoms with E-state index in [1.807, 2.05) is 30.3 Å². The normalized spacial score (nSPS) is 32.1. The molecule has 7 nitrogen and oxygen atoms in total. The number of benzene rings is 2. The van der Waals surface area contributed by atoms with Crippen LogP contribution in [0.2, 0.25) is 5.02 Å². The van der Waals surface area contributed by atoms with Crippen molar-refractivity contribution in [2.45, 2.75) is 68.4 Å². The summed E-state index contributed by atoms with van der Waals surface area (Å²) in [5.41, 5.74) is 2.47. The highest BCUT2D eigenvalue weighted by Crippen LogP contribution is 2.34. The molecule has 2 fully saturated rings. The Bertz CT molecular complexity index is 919. The van der Waals surface area contributed by atoms with E-state index in [1.54, 1.807) is 19.2 Å². The third-order valence-electron chi connectivity index (χ3n) is 6.59. The van der Waals surface area contributed by atoms with Gasteiger partial charge < -0.3 is 34.6 Å². The maximum Gasteiger partial charge on any atom is 0.125 e. The average molecular weight is 479 g/mol. The second-order valence-corrected chi connectivity index (χ2v) is 9.19. The molecule has 1 saturated carbocycles. The van der Waals surface area contributed by atoms with Gasteiger partial charge in [-0.1, -0.05) is 35.9 Å².